The Morgan fingerprint density at radius 3 is 2.90 bits per heavy atom. The number of carbonyl (C=O) groups excluding carboxylic acids is 1. The molecule has 1 atom stereocenters. The Labute approximate surface area is 117 Å². The number of aryl methyl sites for hydroxylation is 1. The molecule has 0 radical (unpaired) electrons. The van der Waals surface area contributed by atoms with Crippen molar-refractivity contribution in [3.63, 3.8) is 0 Å². The summed E-state index contributed by atoms with van der Waals surface area (Å²) in [5.74, 6) is 0.225. The number of benzene rings is 1. The smallest absolute Gasteiger partial charge is 0.224 e. The van der Waals surface area contributed by atoms with E-state index in [9.17, 15) is 9.18 Å². The van der Waals surface area contributed by atoms with E-state index in [1.54, 1.807) is 6.07 Å². The highest BCUT2D eigenvalue weighted by molar-refractivity contribution is 5.82. The minimum absolute atomic E-state index is 0.0367. The van der Waals surface area contributed by atoms with Crippen molar-refractivity contribution in [3.8, 4) is 0 Å². The average molecular weight is 278 g/mol. The van der Waals surface area contributed by atoms with Gasteiger partial charge in [-0.3, -0.25) is 4.79 Å². The summed E-state index contributed by atoms with van der Waals surface area (Å²) >= 11 is 0. The third kappa shape index (κ3) is 2.99. The van der Waals surface area contributed by atoms with Gasteiger partial charge in [-0.05, 0) is 32.2 Å². The second kappa shape index (κ2) is 6.05. The van der Waals surface area contributed by atoms with E-state index >= 15 is 0 Å². The zero-order valence-electron chi connectivity index (χ0n) is 11.9. The molecule has 1 amide bonds. The Balaban J connectivity index is 2.10. The van der Waals surface area contributed by atoms with E-state index in [0.29, 0.717) is 24.4 Å². The van der Waals surface area contributed by atoms with Gasteiger partial charge in [-0.25, -0.2) is 4.39 Å². The number of hydrogen-bond donors (Lipinski definition) is 2. The lowest BCUT2D eigenvalue weighted by Crippen LogP contribution is -2.33. The van der Waals surface area contributed by atoms with E-state index in [1.165, 1.54) is 12.1 Å². The highest BCUT2D eigenvalue weighted by Gasteiger charge is 2.15. The fourth-order valence-corrected chi connectivity index (χ4v) is 2.15. The van der Waals surface area contributed by atoms with Gasteiger partial charge in [0.1, 0.15) is 17.2 Å². The second-order valence-electron chi connectivity index (χ2n) is 4.97. The molecule has 0 aliphatic rings. The Kier molecular flexibility index (Phi) is 4.39. The molecule has 1 aromatic carbocycles. The minimum atomic E-state index is -0.292. The maximum absolute atomic E-state index is 13.2. The summed E-state index contributed by atoms with van der Waals surface area (Å²) in [6, 6.07) is 4.42. The summed E-state index contributed by atoms with van der Waals surface area (Å²) in [6.45, 7) is 4.65. The molecule has 1 aromatic heterocycles. The van der Waals surface area contributed by atoms with Crippen molar-refractivity contribution >= 4 is 16.9 Å². The number of hydrogen-bond acceptors (Lipinski definition) is 3. The average Bonchev–Trinajstić information content (AvgIpc) is 2.73. The van der Waals surface area contributed by atoms with Crippen LogP contribution in [0.15, 0.2) is 22.6 Å². The normalized spacial score (nSPS) is 12.6. The number of carbonyl (C=O) groups is 1. The third-order valence-electron chi connectivity index (χ3n) is 3.38. The lowest BCUT2D eigenvalue weighted by molar-refractivity contribution is -0.124. The molecular formula is C15H19FN2O2. The number of nitrogens with one attached hydrogen (secondary N) is 2. The van der Waals surface area contributed by atoms with Crippen LogP contribution in [0, 0.1) is 18.7 Å². The van der Waals surface area contributed by atoms with Crippen LogP contribution in [0.3, 0.4) is 0 Å². The molecule has 1 unspecified atom stereocenters. The molecule has 5 heteroatoms. The fourth-order valence-electron chi connectivity index (χ4n) is 2.15. The van der Waals surface area contributed by atoms with Gasteiger partial charge in [-0.15, -0.1) is 0 Å². The monoisotopic (exact) mass is 278 g/mol. The molecule has 2 rings (SSSR count). The van der Waals surface area contributed by atoms with Gasteiger partial charge in [-0.1, -0.05) is 6.92 Å². The molecule has 0 spiro atoms. The molecule has 0 fully saturated rings. The number of rotatable bonds is 5. The van der Waals surface area contributed by atoms with Gasteiger partial charge in [-0.2, -0.15) is 0 Å². The first-order valence-electron chi connectivity index (χ1n) is 6.62. The maximum Gasteiger partial charge on any atom is 0.224 e. The zero-order chi connectivity index (χ0) is 14.7. The van der Waals surface area contributed by atoms with Crippen LogP contribution in [-0.4, -0.2) is 19.5 Å². The van der Waals surface area contributed by atoms with Crippen LogP contribution in [0.1, 0.15) is 18.2 Å². The molecule has 2 aromatic rings. The van der Waals surface area contributed by atoms with E-state index < -0.39 is 0 Å². The number of amides is 1. The maximum atomic E-state index is 13.2. The van der Waals surface area contributed by atoms with Crippen molar-refractivity contribution in [1.29, 1.82) is 0 Å². The highest BCUT2D eigenvalue weighted by atomic mass is 19.1. The molecule has 0 saturated carbocycles. The SMILES string of the molecule is CNCC(C)C(=O)NCc1oc2ccc(F)cc2c1C. The standard InChI is InChI=1S/C15H19FN2O2/c1-9(7-17-3)15(19)18-8-14-10(2)12-6-11(16)4-5-13(12)20-14/h4-6,9,17H,7-8H2,1-3H3,(H,18,19). The molecule has 0 aliphatic heterocycles. The van der Waals surface area contributed by atoms with Gasteiger partial charge in [0.15, 0.2) is 0 Å². The van der Waals surface area contributed by atoms with Crippen molar-refractivity contribution < 1.29 is 13.6 Å². The Hall–Kier alpha value is -1.88. The van der Waals surface area contributed by atoms with Gasteiger partial charge < -0.3 is 15.1 Å². The predicted molar refractivity (Wildman–Crippen MR) is 75.8 cm³/mol. The van der Waals surface area contributed by atoms with Crippen LogP contribution in [0.4, 0.5) is 4.39 Å². The summed E-state index contributed by atoms with van der Waals surface area (Å²) in [6.07, 6.45) is 0. The van der Waals surface area contributed by atoms with Crippen LogP contribution in [0.5, 0.6) is 0 Å². The molecule has 20 heavy (non-hydrogen) atoms. The first-order valence-corrected chi connectivity index (χ1v) is 6.62. The summed E-state index contributed by atoms with van der Waals surface area (Å²) in [5.41, 5.74) is 1.50. The zero-order valence-corrected chi connectivity index (χ0v) is 11.9. The van der Waals surface area contributed by atoms with Crippen molar-refractivity contribution in [2.24, 2.45) is 5.92 Å². The second-order valence-corrected chi connectivity index (χ2v) is 4.97. The van der Waals surface area contributed by atoms with Gasteiger partial charge in [0.05, 0.1) is 6.54 Å². The van der Waals surface area contributed by atoms with E-state index in [1.807, 2.05) is 20.9 Å². The van der Waals surface area contributed by atoms with E-state index in [4.69, 9.17) is 4.42 Å². The first-order chi connectivity index (χ1) is 9.52. The van der Waals surface area contributed by atoms with E-state index in [0.717, 1.165) is 10.9 Å². The van der Waals surface area contributed by atoms with Crippen LogP contribution in [0.25, 0.3) is 11.0 Å². The molecule has 0 aliphatic carbocycles. The lowest BCUT2D eigenvalue weighted by atomic mass is 10.1. The molecule has 0 bridgehead atoms. The quantitative estimate of drug-likeness (QED) is 0.882. The molecule has 1 heterocycles. The lowest BCUT2D eigenvalue weighted by Gasteiger charge is -2.10. The first kappa shape index (κ1) is 14.5. The summed E-state index contributed by atoms with van der Waals surface area (Å²) < 4.78 is 18.9. The van der Waals surface area contributed by atoms with Crippen LogP contribution < -0.4 is 10.6 Å². The molecule has 108 valence electrons. The van der Waals surface area contributed by atoms with Crippen LogP contribution in [-0.2, 0) is 11.3 Å². The summed E-state index contributed by atoms with van der Waals surface area (Å²) in [5, 5.41) is 6.54. The highest BCUT2D eigenvalue weighted by Crippen LogP contribution is 2.25. The fraction of sp³-hybridized carbons (Fsp3) is 0.400. The number of fused-ring (bicyclic) bond motifs is 1. The molecule has 4 nitrogen and oxygen atoms in total. The van der Waals surface area contributed by atoms with Crippen molar-refractivity contribution in [2.45, 2.75) is 20.4 Å². The number of halogens is 1. The van der Waals surface area contributed by atoms with Crippen molar-refractivity contribution in [1.82, 2.24) is 10.6 Å². The topological polar surface area (TPSA) is 54.3 Å². The van der Waals surface area contributed by atoms with E-state index in [2.05, 4.69) is 10.6 Å². The third-order valence-corrected chi connectivity index (χ3v) is 3.38. The molecule has 0 saturated heterocycles. The van der Waals surface area contributed by atoms with Gasteiger partial charge in [0, 0.05) is 23.4 Å². The van der Waals surface area contributed by atoms with Crippen molar-refractivity contribution in [3.05, 3.63) is 35.3 Å². The van der Waals surface area contributed by atoms with Crippen LogP contribution in [0.2, 0.25) is 0 Å². The predicted octanol–water partition coefficient (Wildman–Crippen LogP) is 2.35. The van der Waals surface area contributed by atoms with Gasteiger partial charge in [0.25, 0.3) is 0 Å². The van der Waals surface area contributed by atoms with Crippen LogP contribution >= 0.6 is 0 Å². The van der Waals surface area contributed by atoms with Gasteiger partial charge in [0.2, 0.25) is 5.91 Å². The Bertz CT molecular complexity index is 622. The Morgan fingerprint density at radius 1 is 1.45 bits per heavy atom. The van der Waals surface area contributed by atoms with E-state index in [-0.39, 0.29) is 17.6 Å². The number of furan rings is 1. The molecule has 2 N–H and O–H groups in total. The van der Waals surface area contributed by atoms with Gasteiger partial charge >= 0.3 is 0 Å². The summed E-state index contributed by atoms with van der Waals surface area (Å²) in [4.78, 5) is 11.8. The largest absolute Gasteiger partial charge is 0.459 e. The summed E-state index contributed by atoms with van der Waals surface area (Å²) in [7, 11) is 1.81. The minimum Gasteiger partial charge on any atom is -0.459 e. The molecular weight excluding hydrogens is 259 g/mol. The van der Waals surface area contributed by atoms with Crippen molar-refractivity contribution in [2.75, 3.05) is 13.6 Å². The Morgan fingerprint density at radius 2 is 2.20 bits per heavy atom.